The van der Waals surface area contributed by atoms with Gasteiger partial charge in [-0.1, -0.05) is 54.1 Å². The van der Waals surface area contributed by atoms with Crippen molar-refractivity contribution in [2.45, 2.75) is 23.3 Å². The van der Waals surface area contributed by atoms with Gasteiger partial charge in [0.05, 0.1) is 10.4 Å². The molecule has 7 heteroatoms. The first-order valence-electron chi connectivity index (χ1n) is 9.20. The molecule has 152 valence electrons. The van der Waals surface area contributed by atoms with Gasteiger partial charge in [-0.3, -0.25) is 4.79 Å². The molecule has 0 bridgehead atoms. The van der Waals surface area contributed by atoms with Crippen molar-refractivity contribution in [3.05, 3.63) is 83.5 Å². The second-order valence-corrected chi connectivity index (χ2v) is 9.24. The monoisotopic (exact) mass is 439 g/mol. The minimum absolute atomic E-state index is 0.104. The van der Waals surface area contributed by atoms with Crippen molar-refractivity contribution in [2.75, 3.05) is 0 Å². The third-order valence-corrected chi connectivity index (χ3v) is 7.25. The molecule has 0 saturated carbocycles. The summed E-state index contributed by atoms with van der Waals surface area (Å²) in [5.74, 6) is -1.05. The van der Waals surface area contributed by atoms with Gasteiger partial charge in [-0.25, -0.2) is 8.42 Å². The maximum absolute atomic E-state index is 13.7. The summed E-state index contributed by atoms with van der Waals surface area (Å²) < 4.78 is 28.9. The maximum atomic E-state index is 13.7. The molecule has 0 spiro atoms. The van der Waals surface area contributed by atoms with Gasteiger partial charge in [0.1, 0.15) is 11.4 Å². The Bertz CT molecular complexity index is 1360. The number of halogens is 1. The van der Waals surface area contributed by atoms with E-state index in [1.807, 2.05) is 36.4 Å². The predicted octanol–water partition coefficient (Wildman–Crippen LogP) is 5.19. The van der Waals surface area contributed by atoms with Crippen LogP contribution in [0.1, 0.15) is 5.69 Å². The molecule has 0 saturated heterocycles. The number of carbonyl (C=O) groups is 1. The van der Waals surface area contributed by atoms with E-state index in [9.17, 15) is 18.3 Å². The van der Waals surface area contributed by atoms with Gasteiger partial charge in [0.2, 0.25) is 9.84 Å². The van der Waals surface area contributed by atoms with Crippen molar-refractivity contribution in [1.29, 1.82) is 0 Å². The van der Waals surface area contributed by atoms with E-state index in [2.05, 4.69) is 0 Å². The highest BCUT2D eigenvalue weighted by atomic mass is 35.5. The molecule has 0 fully saturated rings. The Morgan fingerprint density at radius 1 is 0.967 bits per heavy atom. The van der Waals surface area contributed by atoms with Gasteiger partial charge in [-0.05, 0) is 48.4 Å². The molecule has 1 heterocycles. The smallest absolute Gasteiger partial charge is 0.323 e. The lowest BCUT2D eigenvalue weighted by Gasteiger charge is -2.09. The molecule has 1 N–H and O–H groups in total. The first kappa shape index (κ1) is 20.2. The van der Waals surface area contributed by atoms with Gasteiger partial charge in [-0.15, -0.1) is 0 Å². The van der Waals surface area contributed by atoms with Crippen LogP contribution in [0.5, 0.6) is 0 Å². The molecule has 4 rings (SSSR count). The number of carboxylic acids is 1. The van der Waals surface area contributed by atoms with Crippen LogP contribution in [-0.4, -0.2) is 24.1 Å². The third kappa shape index (κ3) is 3.38. The molecule has 1 aromatic heterocycles. The van der Waals surface area contributed by atoms with E-state index in [0.29, 0.717) is 21.6 Å². The molecule has 0 aliphatic heterocycles. The fourth-order valence-corrected chi connectivity index (χ4v) is 5.58. The molecule has 0 aliphatic rings. The maximum Gasteiger partial charge on any atom is 0.323 e. The van der Waals surface area contributed by atoms with Gasteiger partial charge in [0, 0.05) is 16.1 Å². The molecule has 0 unspecified atom stereocenters. The number of rotatable bonds is 5. The van der Waals surface area contributed by atoms with Crippen LogP contribution in [0, 0.1) is 6.92 Å². The van der Waals surface area contributed by atoms with Crippen molar-refractivity contribution in [3.8, 4) is 11.1 Å². The second kappa shape index (κ2) is 7.63. The Hall–Kier alpha value is -3.09. The number of fused-ring (bicyclic) bond motifs is 1. The van der Waals surface area contributed by atoms with E-state index in [-0.39, 0.29) is 16.3 Å². The summed E-state index contributed by atoms with van der Waals surface area (Å²) in [7, 11) is -3.93. The number of sulfone groups is 1. The van der Waals surface area contributed by atoms with Crippen molar-refractivity contribution in [3.63, 3.8) is 0 Å². The molecule has 3 aromatic carbocycles. The lowest BCUT2D eigenvalue weighted by molar-refractivity contribution is -0.137. The predicted molar refractivity (Wildman–Crippen MR) is 117 cm³/mol. The van der Waals surface area contributed by atoms with Crippen LogP contribution in [0.25, 0.3) is 22.0 Å². The summed E-state index contributed by atoms with van der Waals surface area (Å²) in [5, 5.41) is 10.4. The number of hydrogen-bond donors (Lipinski definition) is 1. The number of benzene rings is 3. The quantitative estimate of drug-likeness (QED) is 0.464. The minimum atomic E-state index is -3.93. The zero-order chi connectivity index (χ0) is 21.5. The molecule has 0 amide bonds. The van der Waals surface area contributed by atoms with Crippen LogP contribution >= 0.6 is 11.6 Å². The number of hydrogen-bond acceptors (Lipinski definition) is 3. The van der Waals surface area contributed by atoms with Crippen LogP contribution in [0.15, 0.2) is 82.6 Å². The Kier molecular flexibility index (Phi) is 5.13. The molecular formula is C23H18ClNO4S. The lowest BCUT2D eigenvalue weighted by Crippen LogP contribution is -2.11. The first-order valence-corrected chi connectivity index (χ1v) is 11.1. The van der Waals surface area contributed by atoms with Crippen molar-refractivity contribution < 1.29 is 18.3 Å². The lowest BCUT2D eigenvalue weighted by atomic mass is 10.0. The van der Waals surface area contributed by atoms with Gasteiger partial charge in [0.25, 0.3) is 0 Å². The number of nitrogens with zero attached hydrogens (tertiary/aromatic N) is 1. The van der Waals surface area contributed by atoms with Crippen molar-refractivity contribution in [1.82, 2.24) is 4.57 Å². The van der Waals surface area contributed by atoms with Crippen LogP contribution < -0.4 is 0 Å². The highest BCUT2D eigenvalue weighted by molar-refractivity contribution is 7.91. The highest BCUT2D eigenvalue weighted by Gasteiger charge is 2.29. The summed E-state index contributed by atoms with van der Waals surface area (Å²) in [5.41, 5.74) is 2.52. The molecular weight excluding hydrogens is 422 g/mol. The van der Waals surface area contributed by atoms with E-state index in [1.165, 1.54) is 28.8 Å². The largest absolute Gasteiger partial charge is 0.480 e. The molecule has 30 heavy (non-hydrogen) atoms. The first-order chi connectivity index (χ1) is 14.3. The average molecular weight is 440 g/mol. The van der Waals surface area contributed by atoms with Gasteiger partial charge in [0.15, 0.2) is 0 Å². The van der Waals surface area contributed by atoms with Crippen molar-refractivity contribution in [2.24, 2.45) is 0 Å². The normalized spacial score (nSPS) is 11.7. The number of aromatic nitrogens is 1. The zero-order valence-electron chi connectivity index (χ0n) is 16.0. The van der Waals surface area contributed by atoms with Crippen LogP contribution in [0.3, 0.4) is 0 Å². The summed E-state index contributed by atoms with van der Waals surface area (Å²) in [6.45, 7) is 1.30. The standard InChI is InChI=1S/C23H18ClNO4S/c1-15-23(30(28,29)18-12-10-17(24)11-13-18)22-19(16-6-3-2-4-7-16)8-5-9-20(22)25(15)14-21(26)27/h2-13H,14H2,1H3,(H,26,27). The molecule has 0 atom stereocenters. The van der Waals surface area contributed by atoms with E-state index in [1.54, 1.807) is 19.1 Å². The van der Waals surface area contributed by atoms with E-state index in [4.69, 9.17) is 11.6 Å². The van der Waals surface area contributed by atoms with Crippen LogP contribution in [0.4, 0.5) is 0 Å². The van der Waals surface area contributed by atoms with E-state index in [0.717, 1.165) is 11.1 Å². The molecule has 0 aliphatic carbocycles. The zero-order valence-corrected chi connectivity index (χ0v) is 17.6. The summed E-state index contributed by atoms with van der Waals surface area (Å²) in [4.78, 5) is 11.7. The third-order valence-electron chi connectivity index (χ3n) is 5.06. The number of carboxylic acid groups (broad SMARTS) is 1. The molecule has 5 nitrogen and oxygen atoms in total. The molecule has 0 radical (unpaired) electrons. The van der Waals surface area contributed by atoms with E-state index < -0.39 is 15.8 Å². The Morgan fingerprint density at radius 3 is 2.27 bits per heavy atom. The van der Waals surface area contributed by atoms with Crippen LogP contribution in [0.2, 0.25) is 5.02 Å². The van der Waals surface area contributed by atoms with Gasteiger partial charge in [-0.2, -0.15) is 0 Å². The summed E-state index contributed by atoms with van der Waals surface area (Å²) >= 11 is 5.94. The number of aliphatic carboxylic acids is 1. The molecule has 4 aromatic rings. The topological polar surface area (TPSA) is 76.4 Å². The van der Waals surface area contributed by atoms with Gasteiger partial charge < -0.3 is 9.67 Å². The van der Waals surface area contributed by atoms with Gasteiger partial charge >= 0.3 is 5.97 Å². The SMILES string of the molecule is Cc1c(S(=O)(=O)c2ccc(Cl)cc2)c2c(-c3ccccc3)cccc2n1CC(=O)O. The Labute approximate surface area is 179 Å². The average Bonchev–Trinajstić information content (AvgIpc) is 3.01. The summed E-state index contributed by atoms with van der Waals surface area (Å²) in [6.07, 6.45) is 0. The minimum Gasteiger partial charge on any atom is -0.480 e. The highest BCUT2D eigenvalue weighted by Crippen LogP contribution is 2.39. The fraction of sp³-hybridized carbons (Fsp3) is 0.0870. The Morgan fingerprint density at radius 2 is 1.63 bits per heavy atom. The fourth-order valence-electron chi connectivity index (χ4n) is 3.75. The van der Waals surface area contributed by atoms with Crippen LogP contribution in [-0.2, 0) is 21.2 Å². The van der Waals surface area contributed by atoms with Crippen molar-refractivity contribution >= 4 is 38.3 Å². The second-order valence-electron chi connectivity index (χ2n) is 6.92. The van der Waals surface area contributed by atoms with E-state index >= 15 is 0 Å². The Balaban J connectivity index is 2.11. The summed E-state index contributed by atoms with van der Waals surface area (Å²) in [6, 6.07) is 20.8.